The maximum atomic E-state index is 12.3. The molecule has 2 aromatic heterocycles. The lowest BCUT2D eigenvalue weighted by molar-refractivity contribution is 0.0944. The Morgan fingerprint density at radius 2 is 2.13 bits per heavy atom. The van der Waals surface area contributed by atoms with Crippen molar-refractivity contribution in [1.29, 1.82) is 0 Å². The minimum atomic E-state index is -0.400. The van der Waals surface area contributed by atoms with E-state index in [1.54, 1.807) is 10.9 Å². The van der Waals surface area contributed by atoms with Crippen LogP contribution in [0.2, 0.25) is 0 Å². The maximum Gasteiger partial charge on any atom is 0.274 e. The summed E-state index contributed by atoms with van der Waals surface area (Å²) in [5, 5.41) is 16.1. The maximum absolute atomic E-state index is 12.3. The SMILES string of the molecule is CCn1cc(NC(=O)c2[nH]ncc2Br)c(C(=O)NCC(C)C)n1. The van der Waals surface area contributed by atoms with E-state index < -0.39 is 5.91 Å². The molecule has 0 spiro atoms. The second kappa shape index (κ2) is 7.40. The first-order valence-electron chi connectivity index (χ1n) is 7.28. The van der Waals surface area contributed by atoms with Crippen molar-refractivity contribution in [2.45, 2.75) is 27.3 Å². The fourth-order valence-electron chi connectivity index (χ4n) is 1.84. The Balaban J connectivity index is 2.20. The number of rotatable bonds is 6. The second-order valence-electron chi connectivity index (χ2n) is 5.40. The number of nitrogens with zero attached hydrogens (tertiary/aromatic N) is 3. The van der Waals surface area contributed by atoms with Crippen molar-refractivity contribution in [3.05, 3.63) is 28.3 Å². The van der Waals surface area contributed by atoms with Crippen molar-refractivity contribution in [2.75, 3.05) is 11.9 Å². The van der Waals surface area contributed by atoms with E-state index in [9.17, 15) is 9.59 Å². The Bertz CT molecular complexity index is 706. The number of aromatic amines is 1. The molecule has 0 aliphatic rings. The van der Waals surface area contributed by atoms with Crippen LogP contribution in [0.4, 0.5) is 5.69 Å². The van der Waals surface area contributed by atoms with Crippen LogP contribution in [0.3, 0.4) is 0 Å². The van der Waals surface area contributed by atoms with Gasteiger partial charge in [-0.15, -0.1) is 0 Å². The molecule has 0 unspecified atom stereocenters. The van der Waals surface area contributed by atoms with E-state index in [2.05, 4.69) is 41.9 Å². The molecule has 23 heavy (non-hydrogen) atoms. The summed E-state index contributed by atoms with van der Waals surface area (Å²) in [6.07, 6.45) is 3.12. The minimum absolute atomic E-state index is 0.191. The third-order valence-corrected chi connectivity index (χ3v) is 3.64. The van der Waals surface area contributed by atoms with Crippen molar-refractivity contribution < 1.29 is 9.59 Å². The van der Waals surface area contributed by atoms with E-state index in [4.69, 9.17) is 0 Å². The zero-order valence-corrected chi connectivity index (χ0v) is 14.8. The number of carbonyl (C=O) groups is 2. The van der Waals surface area contributed by atoms with E-state index >= 15 is 0 Å². The predicted octanol–water partition coefficient (Wildman–Crippen LogP) is 2.03. The molecule has 0 aliphatic carbocycles. The summed E-state index contributed by atoms with van der Waals surface area (Å²) >= 11 is 3.23. The zero-order chi connectivity index (χ0) is 17.0. The first kappa shape index (κ1) is 17.2. The molecule has 0 fully saturated rings. The highest BCUT2D eigenvalue weighted by Crippen LogP contribution is 2.18. The van der Waals surface area contributed by atoms with Crippen LogP contribution in [0.1, 0.15) is 41.7 Å². The number of anilines is 1. The van der Waals surface area contributed by atoms with Gasteiger partial charge in [0.1, 0.15) is 5.69 Å². The summed E-state index contributed by atoms with van der Waals surface area (Å²) in [6.45, 7) is 7.04. The van der Waals surface area contributed by atoms with E-state index in [1.807, 2.05) is 20.8 Å². The fraction of sp³-hybridized carbons (Fsp3) is 0.429. The van der Waals surface area contributed by atoms with Crippen LogP contribution in [0, 0.1) is 5.92 Å². The van der Waals surface area contributed by atoms with Crippen LogP contribution < -0.4 is 10.6 Å². The molecule has 0 bridgehead atoms. The molecule has 3 N–H and O–H groups in total. The number of H-pyrrole nitrogens is 1. The van der Waals surface area contributed by atoms with Crippen LogP contribution in [0.5, 0.6) is 0 Å². The number of aryl methyl sites for hydroxylation is 1. The van der Waals surface area contributed by atoms with Crippen LogP contribution in [0.15, 0.2) is 16.9 Å². The Hall–Kier alpha value is -2.16. The number of nitrogens with one attached hydrogen (secondary N) is 3. The molecular weight excluding hydrogens is 364 g/mol. The Kier molecular flexibility index (Phi) is 5.54. The highest BCUT2D eigenvalue weighted by molar-refractivity contribution is 9.10. The summed E-state index contributed by atoms with van der Waals surface area (Å²) in [6, 6.07) is 0. The third kappa shape index (κ3) is 4.19. The molecule has 0 saturated carbocycles. The molecule has 0 radical (unpaired) electrons. The van der Waals surface area contributed by atoms with Crippen molar-refractivity contribution in [3.8, 4) is 0 Å². The molecule has 8 nitrogen and oxygen atoms in total. The first-order chi connectivity index (χ1) is 10.9. The van der Waals surface area contributed by atoms with E-state index in [0.29, 0.717) is 29.2 Å². The minimum Gasteiger partial charge on any atom is -0.350 e. The molecule has 0 aromatic carbocycles. The van der Waals surface area contributed by atoms with Crippen LogP contribution in [-0.4, -0.2) is 38.3 Å². The number of carbonyl (C=O) groups excluding carboxylic acids is 2. The normalized spacial score (nSPS) is 10.8. The Labute approximate surface area is 142 Å². The van der Waals surface area contributed by atoms with Gasteiger partial charge in [0.25, 0.3) is 11.8 Å². The summed E-state index contributed by atoms with van der Waals surface area (Å²) in [7, 11) is 0. The zero-order valence-electron chi connectivity index (χ0n) is 13.2. The molecule has 9 heteroatoms. The number of hydrogen-bond acceptors (Lipinski definition) is 4. The summed E-state index contributed by atoms with van der Waals surface area (Å²) in [5.74, 6) is -0.390. The van der Waals surface area contributed by atoms with Crippen LogP contribution in [-0.2, 0) is 6.54 Å². The summed E-state index contributed by atoms with van der Waals surface area (Å²) in [4.78, 5) is 24.5. The Morgan fingerprint density at radius 3 is 2.70 bits per heavy atom. The standard InChI is InChI=1S/C14H19BrN6O2/c1-4-21-7-10(12(20-21)13(22)16-5-8(2)3)18-14(23)11-9(15)6-17-19-11/h6-8H,4-5H2,1-3H3,(H,16,22)(H,17,19)(H,18,23). The average molecular weight is 383 g/mol. The van der Waals surface area contributed by atoms with E-state index in [1.165, 1.54) is 6.20 Å². The van der Waals surface area contributed by atoms with Gasteiger partial charge < -0.3 is 10.6 Å². The van der Waals surface area contributed by atoms with Gasteiger partial charge >= 0.3 is 0 Å². The van der Waals surface area contributed by atoms with Gasteiger partial charge in [-0.2, -0.15) is 10.2 Å². The first-order valence-corrected chi connectivity index (χ1v) is 8.07. The van der Waals surface area contributed by atoms with Gasteiger partial charge in [0.05, 0.1) is 16.4 Å². The molecule has 124 valence electrons. The highest BCUT2D eigenvalue weighted by atomic mass is 79.9. The van der Waals surface area contributed by atoms with Gasteiger partial charge in [0.15, 0.2) is 5.69 Å². The van der Waals surface area contributed by atoms with Crippen molar-refractivity contribution in [1.82, 2.24) is 25.3 Å². The highest BCUT2D eigenvalue weighted by Gasteiger charge is 2.20. The van der Waals surface area contributed by atoms with Gasteiger partial charge in [-0.1, -0.05) is 13.8 Å². The van der Waals surface area contributed by atoms with E-state index in [0.717, 1.165) is 0 Å². The van der Waals surface area contributed by atoms with Gasteiger partial charge in [-0.25, -0.2) is 0 Å². The molecule has 0 saturated heterocycles. The molecular formula is C14H19BrN6O2. The summed E-state index contributed by atoms with van der Waals surface area (Å²) < 4.78 is 2.14. The van der Waals surface area contributed by atoms with Crippen LogP contribution >= 0.6 is 15.9 Å². The quantitative estimate of drug-likeness (QED) is 0.710. The molecule has 0 aliphatic heterocycles. The lowest BCUT2D eigenvalue weighted by Gasteiger charge is -2.07. The molecule has 0 atom stereocenters. The van der Waals surface area contributed by atoms with Gasteiger partial charge in [0.2, 0.25) is 0 Å². The lowest BCUT2D eigenvalue weighted by Crippen LogP contribution is -2.28. The van der Waals surface area contributed by atoms with Gasteiger partial charge in [0, 0.05) is 19.3 Å². The smallest absolute Gasteiger partial charge is 0.274 e. The van der Waals surface area contributed by atoms with Crippen molar-refractivity contribution in [2.24, 2.45) is 5.92 Å². The Morgan fingerprint density at radius 1 is 1.39 bits per heavy atom. The largest absolute Gasteiger partial charge is 0.350 e. The number of hydrogen-bond donors (Lipinski definition) is 3. The van der Waals surface area contributed by atoms with Crippen molar-refractivity contribution in [3.63, 3.8) is 0 Å². The van der Waals surface area contributed by atoms with Gasteiger partial charge in [-0.05, 0) is 28.8 Å². The predicted molar refractivity (Wildman–Crippen MR) is 89.3 cm³/mol. The van der Waals surface area contributed by atoms with E-state index in [-0.39, 0.29) is 17.3 Å². The second-order valence-corrected chi connectivity index (χ2v) is 6.25. The number of aromatic nitrogens is 4. The number of amides is 2. The lowest BCUT2D eigenvalue weighted by atomic mass is 10.2. The molecule has 2 aromatic rings. The topological polar surface area (TPSA) is 105 Å². The van der Waals surface area contributed by atoms with Crippen LogP contribution in [0.25, 0.3) is 0 Å². The fourth-order valence-corrected chi connectivity index (χ4v) is 2.21. The third-order valence-electron chi connectivity index (χ3n) is 3.04. The van der Waals surface area contributed by atoms with Gasteiger partial charge in [-0.3, -0.25) is 19.4 Å². The number of halogens is 1. The average Bonchev–Trinajstić information content (AvgIpc) is 3.10. The van der Waals surface area contributed by atoms with Crippen molar-refractivity contribution >= 4 is 33.4 Å². The molecule has 2 amide bonds. The monoisotopic (exact) mass is 382 g/mol. The molecule has 2 rings (SSSR count). The molecule has 2 heterocycles. The summed E-state index contributed by atoms with van der Waals surface area (Å²) in [5.41, 5.74) is 0.832.